The number of nitrogens with one attached hydrogen (secondary N) is 2. The standard InChI is InChI=1S/C19H39N5O/c1-6-20-19(21-12-8-7-9-16(2)3)22-17-10-13-24(14-11-17)15-18(25)23(4)5/h16-17H,6-15H2,1-5H3,(H2,20,21,22). The number of unbranched alkanes of at least 4 members (excludes halogenated alkanes) is 1. The molecule has 0 unspecified atom stereocenters. The molecule has 1 saturated heterocycles. The first-order valence-electron chi connectivity index (χ1n) is 9.89. The maximum absolute atomic E-state index is 11.8. The van der Waals surface area contributed by atoms with E-state index < -0.39 is 0 Å². The summed E-state index contributed by atoms with van der Waals surface area (Å²) in [4.78, 5) is 20.4. The lowest BCUT2D eigenvalue weighted by atomic mass is 10.1. The number of guanidine groups is 1. The van der Waals surface area contributed by atoms with E-state index >= 15 is 0 Å². The normalized spacial score (nSPS) is 17.0. The zero-order valence-electron chi connectivity index (χ0n) is 17.0. The summed E-state index contributed by atoms with van der Waals surface area (Å²) < 4.78 is 0. The molecular weight excluding hydrogens is 314 g/mol. The minimum atomic E-state index is 0.183. The summed E-state index contributed by atoms with van der Waals surface area (Å²) >= 11 is 0. The molecule has 0 aromatic rings. The third-order valence-corrected chi connectivity index (χ3v) is 4.59. The molecule has 1 amide bonds. The number of rotatable bonds is 9. The first-order chi connectivity index (χ1) is 11.9. The van der Waals surface area contributed by atoms with E-state index in [1.54, 1.807) is 4.90 Å². The Kier molecular flexibility index (Phi) is 10.5. The molecule has 25 heavy (non-hydrogen) atoms. The lowest BCUT2D eigenvalue weighted by Gasteiger charge is -2.33. The number of piperidine rings is 1. The van der Waals surface area contributed by atoms with Crippen molar-refractivity contribution in [2.24, 2.45) is 10.9 Å². The monoisotopic (exact) mass is 353 g/mol. The molecule has 6 heteroatoms. The second-order valence-corrected chi connectivity index (χ2v) is 7.63. The van der Waals surface area contributed by atoms with Crippen molar-refractivity contribution in [3.63, 3.8) is 0 Å². The number of amides is 1. The van der Waals surface area contributed by atoms with Gasteiger partial charge in [0.15, 0.2) is 5.96 Å². The Morgan fingerprint density at radius 3 is 2.48 bits per heavy atom. The van der Waals surface area contributed by atoms with Gasteiger partial charge in [0.25, 0.3) is 0 Å². The van der Waals surface area contributed by atoms with Crippen molar-refractivity contribution in [1.29, 1.82) is 0 Å². The quantitative estimate of drug-likeness (QED) is 0.378. The van der Waals surface area contributed by atoms with Crippen LogP contribution in [0.15, 0.2) is 4.99 Å². The number of hydrogen-bond acceptors (Lipinski definition) is 3. The Labute approximate surface area is 154 Å². The lowest BCUT2D eigenvalue weighted by molar-refractivity contribution is -0.130. The van der Waals surface area contributed by atoms with Gasteiger partial charge in [0, 0.05) is 46.3 Å². The Morgan fingerprint density at radius 2 is 1.92 bits per heavy atom. The van der Waals surface area contributed by atoms with Crippen LogP contribution in [0.4, 0.5) is 0 Å². The average molecular weight is 354 g/mol. The van der Waals surface area contributed by atoms with Crippen LogP contribution in [0.5, 0.6) is 0 Å². The van der Waals surface area contributed by atoms with Crippen LogP contribution < -0.4 is 10.6 Å². The van der Waals surface area contributed by atoms with Crippen LogP contribution in [0.25, 0.3) is 0 Å². The van der Waals surface area contributed by atoms with Gasteiger partial charge in [-0.15, -0.1) is 0 Å². The zero-order valence-corrected chi connectivity index (χ0v) is 17.0. The molecule has 0 aromatic carbocycles. The van der Waals surface area contributed by atoms with E-state index in [0.717, 1.165) is 57.3 Å². The number of carbonyl (C=O) groups is 1. The van der Waals surface area contributed by atoms with E-state index in [1.165, 1.54) is 12.8 Å². The molecule has 0 spiro atoms. The molecule has 0 bridgehead atoms. The van der Waals surface area contributed by atoms with Gasteiger partial charge in [-0.1, -0.05) is 26.7 Å². The average Bonchev–Trinajstić information content (AvgIpc) is 2.56. The third kappa shape index (κ3) is 9.68. The largest absolute Gasteiger partial charge is 0.357 e. The highest BCUT2D eigenvalue weighted by Crippen LogP contribution is 2.10. The van der Waals surface area contributed by atoms with Crippen molar-refractivity contribution in [2.45, 2.75) is 58.9 Å². The van der Waals surface area contributed by atoms with Gasteiger partial charge >= 0.3 is 0 Å². The molecular formula is C19H39N5O. The third-order valence-electron chi connectivity index (χ3n) is 4.59. The van der Waals surface area contributed by atoms with E-state index in [-0.39, 0.29) is 5.91 Å². The summed E-state index contributed by atoms with van der Waals surface area (Å²) in [6, 6.07) is 0.444. The summed E-state index contributed by atoms with van der Waals surface area (Å²) in [7, 11) is 3.63. The molecule has 1 rings (SSSR count). The van der Waals surface area contributed by atoms with Crippen LogP contribution >= 0.6 is 0 Å². The van der Waals surface area contributed by atoms with Crippen LogP contribution in [0.3, 0.4) is 0 Å². The van der Waals surface area contributed by atoms with Crippen LogP contribution in [-0.2, 0) is 4.79 Å². The van der Waals surface area contributed by atoms with E-state index in [1.807, 2.05) is 14.1 Å². The summed E-state index contributed by atoms with van der Waals surface area (Å²) in [6.45, 7) is 10.9. The zero-order chi connectivity index (χ0) is 18.7. The fourth-order valence-corrected chi connectivity index (χ4v) is 2.94. The lowest BCUT2D eigenvalue weighted by Crippen LogP contribution is -2.50. The van der Waals surface area contributed by atoms with Crippen molar-refractivity contribution in [3.05, 3.63) is 0 Å². The molecule has 1 aliphatic rings. The minimum absolute atomic E-state index is 0.183. The maximum Gasteiger partial charge on any atom is 0.236 e. The van der Waals surface area contributed by atoms with E-state index in [0.29, 0.717) is 12.6 Å². The fourth-order valence-electron chi connectivity index (χ4n) is 2.94. The van der Waals surface area contributed by atoms with Crippen molar-refractivity contribution in [3.8, 4) is 0 Å². The van der Waals surface area contributed by atoms with Gasteiger partial charge in [-0.3, -0.25) is 14.7 Å². The van der Waals surface area contributed by atoms with Crippen LogP contribution in [0, 0.1) is 5.92 Å². The van der Waals surface area contributed by atoms with E-state index in [4.69, 9.17) is 4.99 Å². The molecule has 0 radical (unpaired) electrons. The minimum Gasteiger partial charge on any atom is -0.357 e. The second-order valence-electron chi connectivity index (χ2n) is 7.63. The predicted octanol–water partition coefficient (Wildman–Crippen LogP) is 1.92. The Morgan fingerprint density at radius 1 is 1.24 bits per heavy atom. The van der Waals surface area contributed by atoms with Crippen molar-refractivity contribution in [1.82, 2.24) is 20.4 Å². The Hall–Kier alpha value is -1.30. The summed E-state index contributed by atoms with van der Waals surface area (Å²) in [5.74, 6) is 1.90. The number of likely N-dealkylation sites (N-methyl/N-ethyl adjacent to an activating group) is 1. The van der Waals surface area contributed by atoms with Crippen LogP contribution in [0.1, 0.15) is 52.9 Å². The van der Waals surface area contributed by atoms with Gasteiger partial charge in [0.05, 0.1) is 6.54 Å². The summed E-state index contributed by atoms with van der Waals surface area (Å²) in [5.41, 5.74) is 0. The van der Waals surface area contributed by atoms with Gasteiger partial charge in [-0.2, -0.15) is 0 Å². The highest BCUT2D eigenvalue weighted by molar-refractivity contribution is 5.80. The summed E-state index contributed by atoms with van der Waals surface area (Å²) in [6.07, 6.45) is 5.79. The molecule has 2 N–H and O–H groups in total. The first kappa shape index (κ1) is 21.7. The number of aliphatic imine (C=N–C) groups is 1. The molecule has 6 nitrogen and oxygen atoms in total. The number of nitrogens with zero attached hydrogens (tertiary/aromatic N) is 3. The maximum atomic E-state index is 11.8. The topological polar surface area (TPSA) is 60.0 Å². The highest BCUT2D eigenvalue weighted by Gasteiger charge is 2.21. The number of carbonyl (C=O) groups excluding carboxylic acids is 1. The molecule has 0 aliphatic carbocycles. The molecule has 1 aliphatic heterocycles. The van der Waals surface area contributed by atoms with Gasteiger partial charge in [0.2, 0.25) is 5.91 Å². The first-order valence-corrected chi connectivity index (χ1v) is 9.89. The highest BCUT2D eigenvalue weighted by atomic mass is 16.2. The van der Waals surface area contributed by atoms with E-state index in [9.17, 15) is 4.79 Å². The molecule has 1 fully saturated rings. The van der Waals surface area contributed by atoms with Gasteiger partial charge in [-0.25, -0.2) is 0 Å². The Balaban J connectivity index is 2.33. The van der Waals surface area contributed by atoms with E-state index in [2.05, 4.69) is 36.3 Å². The van der Waals surface area contributed by atoms with Gasteiger partial charge in [0.1, 0.15) is 0 Å². The predicted molar refractivity (Wildman–Crippen MR) is 106 cm³/mol. The molecule has 0 atom stereocenters. The molecule has 0 saturated carbocycles. The number of likely N-dealkylation sites (tertiary alicyclic amines) is 1. The molecule has 0 aromatic heterocycles. The van der Waals surface area contributed by atoms with Crippen molar-refractivity contribution in [2.75, 3.05) is 46.8 Å². The SMILES string of the molecule is CCNC(=NCCCCC(C)C)NC1CCN(CC(=O)N(C)C)CC1. The van der Waals surface area contributed by atoms with Crippen LogP contribution in [0.2, 0.25) is 0 Å². The van der Waals surface area contributed by atoms with Gasteiger partial charge in [-0.05, 0) is 32.1 Å². The van der Waals surface area contributed by atoms with Crippen molar-refractivity contribution >= 4 is 11.9 Å². The fraction of sp³-hybridized carbons (Fsp3) is 0.895. The smallest absolute Gasteiger partial charge is 0.236 e. The second kappa shape index (κ2) is 12.1. The van der Waals surface area contributed by atoms with Gasteiger partial charge < -0.3 is 15.5 Å². The summed E-state index contributed by atoms with van der Waals surface area (Å²) in [5, 5.41) is 6.92. The van der Waals surface area contributed by atoms with Crippen LogP contribution in [-0.4, -0.2) is 74.5 Å². The van der Waals surface area contributed by atoms with Crippen molar-refractivity contribution < 1.29 is 4.79 Å². The number of hydrogen-bond donors (Lipinski definition) is 2. The Bertz CT molecular complexity index is 401. The molecule has 1 heterocycles. The molecule has 146 valence electrons.